The first-order chi connectivity index (χ1) is 13.0. The van der Waals surface area contributed by atoms with Crippen molar-refractivity contribution in [1.82, 2.24) is 15.0 Å². The van der Waals surface area contributed by atoms with Gasteiger partial charge in [0.15, 0.2) is 0 Å². The SMILES string of the molecule is COc1nc(C)nc(N(C(N)=NN)S(=O)(=O)c2ccccc2OC(F)(F)F)n1. The molecule has 1 aromatic carbocycles. The molecule has 1 heterocycles. The van der Waals surface area contributed by atoms with Crippen LogP contribution in [0.5, 0.6) is 11.8 Å². The quantitative estimate of drug-likeness (QED) is 0.303. The molecule has 0 spiro atoms. The van der Waals surface area contributed by atoms with E-state index in [4.69, 9.17) is 16.3 Å². The second kappa shape index (κ2) is 7.71. The van der Waals surface area contributed by atoms with Crippen LogP contribution >= 0.6 is 0 Å². The van der Waals surface area contributed by atoms with Crippen molar-refractivity contribution >= 4 is 21.9 Å². The Labute approximate surface area is 156 Å². The number of anilines is 1. The van der Waals surface area contributed by atoms with Crippen molar-refractivity contribution in [2.24, 2.45) is 16.7 Å². The van der Waals surface area contributed by atoms with Gasteiger partial charge in [0.25, 0.3) is 16.0 Å². The number of methoxy groups -OCH3 is 1. The predicted octanol–water partition coefficient (Wildman–Crippen LogP) is 0.471. The van der Waals surface area contributed by atoms with E-state index in [1.807, 2.05) is 0 Å². The van der Waals surface area contributed by atoms with Gasteiger partial charge in [-0.05, 0) is 19.1 Å². The van der Waals surface area contributed by atoms with Crippen LogP contribution in [0.3, 0.4) is 0 Å². The number of alkyl halides is 3. The number of hydrazone groups is 1. The van der Waals surface area contributed by atoms with Crippen LogP contribution in [0, 0.1) is 6.92 Å². The minimum Gasteiger partial charge on any atom is -0.467 e. The van der Waals surface area contributed by atoms with Gasteiger partial charge < -0.3 is 21.1 Å². The third-order valence-electron chi connectivity index (χ3n) is 3.01. The van der Waals surface area contributed by atoms with Crippen LogP contribution < -0.4 is 25.4 Å². The largest absolute Gasteiger partial charge is 0.573 e. The van der Waals surface area contributed by atoms with Gasteiger partial charge >= 0.3 is 12.4 Å². The molecule has 11 nitrogen and oxygen atoms in total. The first-order valence-corrected chi connectivity index (χ1v) is 8.63. The monoisotopic (exact) mass is 421 g/mol. The van der Waals surface area contributed by atoms with Crippen molar-refractivity contribution in [1.29, 1.82) is 0 Å². The number of guanidine groups is 1. The Morgan fingerprint density at radius 3 is 2.43 bits per heavy atom. The van der Waals surface area contributed by atoms with Crippen LogP contribution in [-0.2, 0) is 10.0 Å². The fourth-order valence-corrected chi connectivity index (χ4v) is 3.38. The Bertz CT molecular complexity index is 998. The number of hydrogen-bond acceptors (Lipinski definition) is 9. The summed E-state index contributed by atoms with van der Waals surface area (Å²) in [5, 5.41) is 3.08. The number of ether oxygens (including phenoxy) is 2. The highest BCUT2D eigenvalue weighted by molar-refractivity contribution is 7.93. The van der Waals surface area contributed by atoms with Gasteiger partial charge in [-0.2, -0.15) is 19.3 Å². The molecule has 1 aromatic heterocycles. The maximum absolute atomic E-state index is 13.1. The third-order valence-corrected chi connectivity index (χ3v) is 4.74. The lowest BCUT2D eigenvalue weighted by Gasteiger charge is -2.22. The predicted molar refractivity (Wildman–Crippen MR) is 89.7 cm³/mol. The lowest BCUT2D eigenvalue weighted by molar-refractivity contribution is -0.275. The summed E-state index contributed by atoms with van der Waals surface area (Å²) < 4.78 is 73.0. The molecule has 0 aliphatic rings. The molecule has 0 aliphatic heterocycles. The molecule has 152 valence electrons. The Morgan fingerprint density at radius 2 is 1.86 bits per heavy atom. The first kappa shape index (κ1) is 20.9. The zero-order valence-electron chi connectivity index (χ0n) is 14.4. The van der Waals surface area contributed by atoms with Crippen LogP contribution in [0.1, 0.15) is 5.82 Å². The van der Waals surface area contributed by atoms with Crippen molar-refractivity contribution in [2.45, 2.75) is 18.2 Å². The van der Waals surface area contributed by atoms with Gasteiger partial charge in [-0.3, -0.25) is 0 Å². The highest BCUT2D eigenvalue weighted by atomic mass is 32.2. The molecular weight excluding hydrogens is 407 g/mol. The fourth-order valence-electron chi connectivity index (χ4n) is 1.98. The highest BCUT2D eigenvalue weighted by Crippen LogP contribution is 2.32. The van der Waals surface area contributed by atoms with E-state index in [2.05, 4.69) is 24.8 Å². The first-order valence-electron chi connectivity index (χ1n) is 7.19. The summed E-state index contributed by atoms with van der Waals surface area (Å²) >= 11 is 0. The fraction of sp³-hybridized carbons (Fsp3) is 0.231. The Kier molecular flexibility index (Phi) is 5.77. The molecular formula is C13H14F3N7O4S. The van der Waals surface area contributed by atoms with E-state index in [-0.39, 0.29) is 16.1 Å². The van der Waals surface area contributed by atoms with Crippen LogP contribution in [-0.4, -0.2) is 42.8 Å². The van der Waals surface area contributed by atoms with Crippen LogP contribution in [0.2, 0.25) is 0 Å². The van der Waals surface area contributed by atoms with Crippen molar-refractivity contribution in [3.05, 3.63) is 30.1 Å². The molecule has 0 bridgehead atoms. The molecule has 0 saturated heterocycles. The third kappa shape index (κ3) is 4.48. The molecule has 0 atom stereocenters. The number of rotatable bonds is 5. The Balaban J connectivity index is 2.71. The molecule has 0 radical (unpaired) electrons. The van der Waals surface area contributed by atoms with Gasteiger partial charge in [-0.1, -0.05) is 12.1 Å². The normalized spacial score (nSPS) is 12.5. The summed E-state index contributed by atoms with van der Waals surface area (Å²) in [4.78, 5) is 10.5. The topological polar surface area (TPSA) is 159 Å². The number of sulfonamides is 1. The van der Waals surface area contributed by atoms with Crippen LogP contribution in [0.25, 0.3) is 0 Å². The molecule has 0 fully saturated rings. The van der Waals surface area contributed by atoms with Gasteiger partial charge in [0.2, 0.25) is 5.96 Å². The van der Waals surface area contributed by atoms with Gasteiger partial charge in [0.1, 0.15) is 16.5 Å². The minimum atomic E-state index is -5.14. The van der Waals surface area contributed by atoms with E-state index in [0.717, 1.165) is 18.2 Å². The van der Waals surface area contributed by atoms with Crippen molar-refractivity contribution < 1.29 is 31.1 Å². The zero-order valence-corrected chi connectivity index (χ0v) is 15.2. The van der Waals surface area contributed by atoms with E-state index < -0.39 is 38.9 Å². The van der Waals surface area contributed by atoms with E-state index in [1.165, 1.54) is 20.1 Å². The number of nitrogens with two attached hydrogens (primary N) is 2. The summed E-state index contributed by atoms with van der Waals surface area (Å²) in [6.07, 6.45) is -5.14. The molecule has 0 saturated carbocycles. The summed E-state index contributed by atoms with van der Waals surface area (Å²) in [6.45, 7) is 1.40. The molecule has 15 heteroatoms. The standard InChI is InChI=1S/C13H14F3N7O4S/c1-7-19-11(21-12(20-7)26-2)23(10(17)22-18)28(24,25)9-6-4-3-5-8(9)27-13(14,15)16/h3-6H,18H2,1-2H3,(H2,17,22). The number of nitrogens with zero attached hydrogens (tertiary/aromatic N) is 5. The number of aryl methyl sites for hydroxylation is 1. The number of hydrogen-bond donors (Lipinski definition) is 2. The smallest absolute Gasteiger partial charge is 0.467 e. The molecule has 2 aromatic rings. The van der Waals surface area contributed by atoms with E-state index >= 15 is 0 Å². The van der Waals surface area contributed by atoms with Crippen LogP contribution in [0.15, 0.2) is 34.3 Å². The second-order valence-corrected chi connectivity index (χ2v) is 6.68. The van der Waals surface area contributed by atoms with Gasteiger partial charge in [-0.15, -0.1) is 18.3 Å². The Hall–Kier alpha value is -3.36. The number of para-hydroxylation sites is 1. The van der Waals surface area contributed by atoms with Crippen molar-refractivity contribution in [2.75, 3.05) is 11.4 Å². The average Bonchev–Trinajstić information content (AvgIpc) is 2.59. The van der Waals surface area contributed by atoms with Gasteiger partial charge in [0, 0.05) is 0 Å². The van der Waals surface area contributed by atoms with Crippen molar-refractivity contribution in [3.8, 4) is 11.8 Å². The van der Waals surface area contributed by atoms with Gasteiger partial charge in [-0.25, -0.2) is 8.42 Å². The molecule has 4 N–H and O–H groups in total. The lowest BCUT2D eigenvalue weighted by atomic mass is 10.3. The minimum absolute atomic E-state index is 0.0340. The molecule has 28 heavy (non-hydrogen) atoms. The maximum atomic E-state index is 13.1. The second-order valence-electron chi connectivity index (χ2n) is 4.92. The molecule has 0 unspecified atom stereocenters. The maximum Gasteiger partial charge on any atom is 0.573 e. The van der Waals surface area contributed by atoms with Gasteiger partial charge in [0.05, 0.1) is 7.11 Å². The van der Waals surface area contributed by atoms with E-state index in [9.17, 15) is 21.6 Å². The summed E-state index contributed by atoms with van der Waals surface area (Å²) in [5.74, 6) is 2.69. The number of benzene rings is 1. The molecule has 0 amide bonds. The molecule has 0 aliphatic carbocycles. The number of aromatic nitrogens is 3. The summed E-state index contributed by atoms with van der Waals surface area (Å²) in [6, 6.07) is 3.75. The van der Waals surface area contributed by atoms with E-state index in [1.54, 1.807) is 0 Å². The van der Waals surface area contributed by atoms with Crippen LogP contribution in [0.4, 0.5) is 19.1 Å². The van der Waals surface area contributed by atoms with E-state index in [0.29, 0.717) is 0 Å². The number of halogens is 3. The molecule has 2 rings (SSSR count). The summed E-state index contributed by atoms with van der Waals surface area (Å²) in [7, 11) is -3.63. The lowest BCUT2D eigenvalue weighted by Crippen LogP contribution is -2.44. The average molecular weight is 421 g/mol. The Morgan fingerprint density at radius 1 is 1.21 bits per heavy atom. The summed E-state index contributed by atoms with van der Waals surface area (Å²) in [5.41, 5.74) is 5.56. The van der Waals surface area contributed by atoms with Crippen molar-refractivity contribution in [3.63, 3.8) is 0 Å². The zero-order chi connectivity index (χ0) is 21.1. The highest BCUT2D eigenvalue weighted by Gasteiger charge is 2.38.